The fraction of sp³-hybridized carbons (Fsp3) is 0.565. The van der Waals surface area contributed by atoms with Crippen LogP contribution < -0.4 is 10.1 Å². The lowest BCUT2D eigenvalue weighted by Crippen LogP contribution is -2.42. The van der Waals surface area contributed by atoms with Gasteiger partial charge in [-0.2, -0.15) is 4.98 Å². The van der Waals surface area contributed by atoms with Crippen molar-refractivity contribution in [3.05, 3.63) is 35.5 Å². The lowest BCUT2D eigenvalue weighted by atomic mass is 9.88. The van der Waals surface area contributed by atoms with Gasteiger partial charge in [0, 0.05) is 32.0 Å². The molecule has 1 unspecified atom stereocenters. The van der Waals surface area contributed by atoms with Crippen molar-refractivity contribution in [2.75, 3.05) is 32.6 Å². The second kappa shape index (κ2) is 10.1. The number of amides is 1. The number of methoxy groups -OCH3 is 2. The highest BCUT2D eigenvalue weighted by atomic mass is 16.5. The highest BCUT2D eigenvalue weighted by Crippen LogP contribution is 2.35. The Kier molecular flexibility index (Phi) is 7.04. The molecule has 2 aliphatic rings. The Labute approximate surface area is 187 Å². The first-order valence-electron chi connectivity index (χ1n) is 11.1. The van der Waals surface area contributed by atoms with Crippen molar-refractivity contribution in [1.82, 2.24) is 15.0 Å². The molecule has 1 atom stereocenters. The third-order valence-corrected chi connectivity index (χ3v) is 6.26. The van der Waals surface area contributed by atoms with Crippen LogP contribution in [0.5, 0.6) is 5.75 Å². The summed E-state index contributed by atoms with van der Waals surface area (Å²) < 4.78 is 15.6. The number of nitrogens with one attached hydrogen (secondary N) is 1. The molecule has 1 aromatic heterocycles. The predicted octanol–water partition coefficient (Wildman–Crippen LogP) is 2.91. The van der Waals surface area contributed by atoms with Crippen LogP contribution in [0.3, 0.4) is 0 Å². The predicted molar refractivity (Wildman–Crippen MR) is 116 cm³/mol. The Morgan fingerprint density at radius 2 is 2.03 bits per heavy atom. The summed E-state index contributed by atoms with van der Waals surface area (Å²) in [6, 6.07) is 5.51. The molecule has 1 aliphatic carbocycles. The first kappa shape index (κ1) is 22.3. The van der Waals surface area contributed by atoms with E-state index in [2.05, 4.69) is 15.5 Å². The van der Waals surface area contributed by atoms with Crippen molar-refractivity contribution in [2.45, 2.75) is 51.2 Å². The molecule has 1 amide bonds. The Hall–Kier alpha value is -2.94. The summed E-state index contributed by atoms with van der Waals surface area (Å²) in [7, 11) is 3.15. The first-order valence-corrected chi connectivity index (χ1v) is 11.1. The number of aromatic nitrogens is 2. The van der Waals surface area contributed by atoms with Crippen molar-refractivity contribution in [3.8, 4) is 5.75 Å². The topological polar surface area (TPSA) is 107 Å². The minimum atomic E-state index is -0.524. The van der Waals surface area contributed by atoms with Crippen LogP contribution in [0.1, 0.15) is 55.3 Å². The van der Waals surface area contributed by atoms with Crippen molar-refractivity contribution >= 4 is 17.4 Å². The van der Waals surface area contributed by atoms with Crippen LogP contribution in [-0.4, -0.2) is 54.0 Å². The second-order valence-electron chi connectivity index (χ2n) is 8.48. The number of Topliss-reactive ketones (excluding diaryl/α,β-unsaturated/α-hetero) is 1. The van der Waals surface area contributed by atoms with E-state index in [4.69, 9.17) is 14.0 Å². The molecule has 9 nitrogen and oxygen atoms in total. The zero-order valence-corrected chi connectivity index (χ0v) is 18.6. The van der Waals surface area contributed by atoms with Gasteiger partial charge in [0.2, 0.25) is 11.7 Å². The van der Waals surface area contributed by atoms with Crippen LogP contribution in [0.15, 0.2) is 22.7 Å². The van der Waals surface area contributed by atoms with Gasteiger partial charge in [0.05, 0.1) is 13.0 Å². The van der Waals surface area contributed by atoms with E-state index in [0.29, 0.717) is 36.5 Å². The fourth-order valence-corrected chi connectivity index (χ4v) is 4.59. The molecule has 1 N–H and O–H groups in total. The third-order valence-electron chi connectivity index (χ3n) is 6.26. The summed E-state index contributed by atoms with van der Waals surface area (Å²) in [6.07, 6.45) is 5.65. The Bertz CT molecular complexity index is 954. The molecule has 0 radical (unpaired) electrons. The average molecular weight is 443 g/mol. The summed E-state index contributed by atoms with van der Waals surface area (Å²) in [5.74, 6) is 0.360. The number of rotatable bonds is 9. The minimum absolute atomic E-state index is 0.118. The molecular weight excluding hydrogens is 412 g/mol. The number of benzene rings is 1. The lowest BCUT2D eigenvalue weighted by Gasteiger charge is -2.29. The highest BCUT2D eigenvalue weighted by molar-refractivity contribution is 6.38. The molecule has 2 heterocycles. The maximum atomic E-state index is 13.4. The number of carbonyl (C=O) groups is 2. The van der Waals surface area contributed by atoms with E-state index in [1.165, 1.54) is 6.42 Å². The standard InChI is InChI=1S/C23H30N4O5/c1-30-14-20-25-21(32-26-20)13-27(12-15-6-4-3-5-7-15)23(29)22(28)18-11-24-19-10-16(31-2)8-9-17(18)19/h8-10,15,18,24H,3-7,11-14H2,1-2H3. The first-order chi connectivity index (χ1) is 15.6. The smallest absolute Gasteiger partial charge is 0.291 e. The van der Waals surface area contributed by atoms with E-state index < -0.39 is 17.6 Å². The van der Waals surface area contributed by atoms with E-state index in [9.17, 15) is 9.59 Å². The number of nitrogens with zero attached hydrogens (tertiary/aromatic N) is 3. The summed E-state index contributed by atoms with van der Waals surface area (Å²) in [5.41, 5.74) is 1.65. The maximum absolute atomic E-state index is 13.4. The monoisotopic (exact) mass is 442 g/mol. The highest BCUT2D eigenvalue weighted by Gasteiger charge is 2.36. The average Bonchev–Trinajstić information content (AvgIpc) is 3.45. The molecular formula is C23H30N4O5. The largest absolute Gasteiger partial charge is 0.497 e. The summed E-state index contributed by atoms with van der Waals surface area (Å²) >= 11 is 0. The molecule has 32 heavy (non-hydrogen) atoms. The second-order valence-corrected chi connectivity index (χ2v) is 8.48. The molecule has 9 heteroatoms. The van der Waals surface area contributed by atoms with Crippen LogP contribution >= 0.6 is 0 Å². The molecule has 1 aliphatic heterocycles. The van der Waals surface area contributed by atoms with Crippen LogP contribution in [0.2, 0.25) is 0 Å². The van der Waals surface area contributed by atoms with Gasteiger partial charge in [0.15, 0.2) is 5.82 Å². The maximum Gasteiger partial charge on any atom is 0.291 e. The Balaban J connectivity index is 1.51. The van der Waals surface area contributed by atoms with Gasteiger partial charge in [0.25, 0.3) is 5.91 Å². The number of fused-ring (bicyclic) bond motifs is 1. The number of hydrogen-bond donors (Lipinski definition) is 1. The summed E-state index contributed by atoms with van der Waals surface area (Å²) in [5, 5.41) is 7.10. The zero-order chi connectivity index (χ0) is 22.5. The summed E-state index contributed by atoms with van der Waals surface area (Å²) in [4.78, 5) is 32.6. The minimum Gasteiger partial charge on any atom is -0.497 e. The summed E-state index contributed by atoms with van der Waals surface area (Å²) in [6.45, 7) is 1.26. The van der Waals surface area contributed by atoms with Gasteiger partial charge in [-0.1, -0.05) is 30.5 Å². The van der Waals surface area contributed by atoms with Crippen molar-refractivity contribution < 1.29 is 23.6 Å². The van der Waals surface area contributed by atoms with Gasteiger partial charge in [-0.15, -0.1) is 0 Å². The number of ether oxygens (including phenoxy) is 2. The van der Waals surface area contributed by atoms with E-state index in [1.54, 1.807) is 19.1 Å². The van der Waals surface area contributed by atoms with E-state index in [-0.39, 0.29) is 13.2 Å². The van der Waals surface area contributed by atoms with Crippen LogP contribution in [0.4, 0.5) is 5.69 Å². The van der Waals surface area contributed by atoms with Gasteiger partial charge in [-0.25, -0.2) is 0 Å². The third kappa shape index (κ3) is 4.93. The van der Waals surface area contributed by atoms with E-state index in [1.807, 2.05) is 18.2 Å². The normalized spacial score (nSPS) is 18.1. The van der Waals surface area contributed by atoms with Crippen LogP contribution in [0, 0.1) is 5.92 Å². The van der Waals surface area contributed by atoms with Gasteiger partial charge in [-0.3, -0.25) is 9.59 Å². The van der Waals surface area contributed by atoms with E-state index in [0.717, 1.165) is 36.9 Å². The number of hydrogen-bond acceptors (Lipinski definition) is 8. The molecule has 1 saturated carbocycles. The molecule has 1 fully saturated rings. The molecule has 0 bridgehead atoms. The van der Waals surface area contributed by atoms with Crippen molar-refractivity contribution in [1.29, 1.82) is 0 Å². The molecule has 4 rings (SSSR count). The van der Waals surface area contributed by atoms with Gasteiger partial charge >= 0.3 is 0 Å². The van der Waals surface area contributed by atoms with Gasteiger partial charge < -0.3 is 24.2 Å². The fourth-order valence-electron chi connectivity index (χ4n) is 4.59. The quantitative estimate of drug-likeness (QED) is 0.591. The van der Waals surface area contributed by atoms with Gasteiger partial charge in [-0.05, 0) is 30.4 Å². The SMILES string of the molecule is COCc1noc(CN(CC2CCCCC2)C(=O)C(=O)C2CNc3cc(OC)ccc32)n1. The molecule has 2 aromatic rings. The number of ketones is 1. The zero-order valence-electron chi connectivity index (χ0n) is 18.6. The molecule has 0 saturated heterocycles. The van der Waals surface area contributed by atoms with Crippen molar-refractivity contribution in [2.24, 2.45) is 5.92 Å². The van der Waals surface area contributed by atoms with Gasteiger partial charge in [0.1, 0.15) is 18.9 Å². The Morgan fingerprint density at radius 1 is 1.22 bits per heavy atom. The van der Waals surface area contributed by atoms with Crippen molar-refractivity contribution in [3.63, 3.8) is 0 Å². The lowest BCUT2D eigenvalue weighted by molar-refractivity contribution is -0.146. The van der Waals surface area contributed by atoms with Crippen LogP contribution in [-0.2, 0) is 27.5 Å². The van der Waals surface area contributed by atoms with E-state index >= 15 is 0 Å². The Morgan fingerprint density at radius 3 is 2.78 bits per heavy atom. The molecule has 0 spiro atoms. The number of anilines is 1. The molecule has 1 aromatic carbocycles. The van der Waals surface area contributed by atoms with Crippen LogP contribution in [0.25, 0.3) is 0 Å². The molecule has 172 valence electrons. The number of carbonyl (C=O) groups excluding carboxylic acids is 2.